The summed E-state index contributed by atoms with van der Waals surface area (Å²) < 4.78 is 93.4. The molecule has 9 heteroatoms. The van der Waals surface area contributed by atoms with E-state index < -0.39 is 40.9 Å². The molecule has 0 amide bonds. The Morgan fingerprint density at radius 2 is 1.56 bits per heavy atom. The lowest BCUT2D eigenvalue weighted by Crippen LogP contribution is -2.46. The summed E-state index contributed by atoms with van der Waals surface area (Å²) in [6, 6.07) is -0.626. The van der Waals surface area contributed by atoms with Crippen molar-refractivity contribution in [1.82, 2.24) is 10.2 Å². The van der Waals surface area contributed by atoms with E-state index in [1.165, 1.54) is 0 Å². The van der Waals surface area contributed by atoms with Crippen LogP contribution in [-0.4, -0.2) is 31.1 Å². The lowest BCUT2D eigenvalue weighted by Gasteiger charge is -2.37. The van der Waals surface area contributed by atoms with Crippen molar-refractivity contribution >= 4 is 0 Å². The third kappa shape index (κ3) is 3.92. The van der Waals surface area contributed by atoms with Crippen LogP contribution in [0.3, 0.4) is 0 Å². The van der Waals surface area contributed by atoms with Gasteiger partial charge in [0.05, 0.1) is 11.1 Å². The summed E-state index contributed by atoms with van der Waals surface area (Å²) in [5.41, 5.74) is -3.78. The second kappa shape index (κ2) is 6.42. The smallest absolute Gasteiger partial charge is 0.314 e. The van der Waals surface area contributed by atoms with Crippen LogP contribution in [0.1, 0.15) is 35.6 Å². The molecule has 25 heavy (non-hydrogen) atoms. The molecule has 0 radical (unpaired) electrons. The predicted octanol–water partition coefficient (Wildman–Crippen LogP) is 4.22. The van der Waals surface area contributed by atoms with Gasteiger partial charge in [-0.2, -0.15) is 26.3 Å². The maximum atomic E-state index is 14.5. The Morgan fingerprint density at radius 1 is 0.960 bits per heavy atom. The van der Waals surface area contributed by atoms with Crippen LogP contribution in [0.25, 0.3) is 0 Å². The zero-order valence-corrected chi connectivity index (χ0v) is 13.1. The fourth-order valence-corrected chi connectivity index (χ4v) is 3.41. The summed E-state index contributed by atoms with van der Waals surface area (Å²) in [6.07, 6.45) is -8.80. The number of benzene rings is 1. The molecule has 1 heterocycles. The molecule has 3 rings (SSSR count). The third-order valence-corrected chi connectivity index (χ3v) is 4.67. The second-order valence-electron chi connectivity index (χ2n) is 6.48. The molecule has 1 saturated heterocycles. The van der Waals surface area contributed by atoms with Crippen molar-refractivity contribution in [2.24, 2.45) is 5.92 Å². The first kappa shape index (κ1) is 18.4. The van der Waals surface area contributed by atoms with E-state index in [-0.39, 0.29) is 18.1 Å². The Balaban J connectivity index is 2.12. The zero-order chi connectivity index (χ0) is 18.4. The summed E-state index contributed by atoms with van der Waals surface area (Å²) >= 11 is 0. The number of hydrogen-bond donors (Lipinski definition) is 1. The Bertz CT molecular complexity index is 629. The lowest BCUT2D eigenvalue weighted by molar-refractivity contribution is -0.144. The Labute approximate surface area is 140 Å². The monoisotopic (exact) mass is 370 g/mol. The highest BCUT2D eigenvalue weighted by atomic mass is 19.4. The van der Waals surface area contributed by atoms with Gasteiger partial charge in [0.1, 0.15) is 5.82 Å². The van der Waals surface area contributed by atoms with E-state index in [4.69, 9.17) is 0 Å². The number of hydrogen-bond acceptors (Lipinski definition) is 2. The van der Waals surface area contributed by atoms with Gasteiger partial charge in [-0.1, -0.05) is 0 Å². The lowest BCUT2D eigenvalue weighted by atomic mass is 9.92. The molecule has 1 atom stereocenters. The molecule has 2 fully saturated rings. The van der Waals surface area contributed by atoms with Crippen molar-refractivity contribution in [2.45, 2.75) is 31.2 Å². The minimum atomic E-state index is -5.06. The second-order valence-corrected chi connectivity index (χ2v) is 6.48. The molecule has 1 saturated carbocycles. The van der Waals surface area contributed by atoms with Gasteiger partial charge in [-0.05, 0) is 30.9 Å². The number of halogens is 7. The van der Waals surface area contributed by atoms with Crippen LogP contribution in [0, 0.1) is 11.7 Å². The molecule has 1 aliphatic heterocycles. The van der Waals surface area contributed by atoms with Crippen molar-refractivity contribution in [3.8, 4) is 0 Å². The molecule has 0 spiro atoms. The van der Waals surface area contributed by atoms with E-state index in [1.807, 2.05) is 0 Å². The molecular formula is C16H17F7N2. The Kier molecular flexibility index (Phi) is 4.74. The van der Waals surface area contributed by atoms with Gasteiger partial charge in [0.2, 0.25) is 0 Å². The van der Waals surface area contributed by atoms with Gasteiger partial charge < -0.3 is 5.32 Å². The first-order valence-electron chi connectivity index (χ1n) is 8.01. The van der Waals surface area contributed by atoms with Gasteiger partial charge in [0.25, 0.3) is 0 Å². The molecule has 0 aromatic heterocycles. The van der Waals surface area contributed by atoms with Crippen molar-refractivity contribution in [3.63, 3.8) is 0 Å². The van der Waals surface area contributed by atoms with Gasteiger partial charge in [0, 0.05) is 37.8 Å². The normalized spacial score (nSPS) is 21.4. The predicted molar refractivity (Wildman–Crippen MR) is 76.3 cm³/mol. The van der Waals surface area contributed by atoms with Crippen LogP contribution in [-0.2, 0) is 12.4 Å². The van der Waals surface area contributed by atoms with Crippen LogP contribution in [0.5, 0.6) is 0 Å². The molecule has 2 aliphatic rings. The first-order valence-corrected chi connectivity index (χ1v) is 8.01. The van der Waals surface area contributed by atoms with Crippen molar-refractivity contribution in [3.05, 3.63) is 34.6 Å². The average molecular weight is 370 g/mol. The van der Waals surface area contributed by atoms with Crippen LogP contribution in [0.4, 0.5) is 30.7 Å². The molecule has 0 unspecified atom stereocenters. The summed E-state index contributed by atoms with van der Waals surface area (Å²) in [4.78, 5) is 1.75. The molecule has 1 N–H and O–H groups in total. The van der Waals surface area contributed by atoms with Crippen LogP contribution >= 0.6 is 0 Å². The average Bonchev–Trinajstić information content (AvgIpc) is 3.32. The van der Waals surface area contributed by atoms with Crippen molar-refractivity contribution < 1.29 is 30.7 Å². The van der Waals surface area contributed by atoms with Crippen molar-refractivity contribution in [1.29, 1.82) is 0 Å². The quantitative estimate of drug-likeness (QED) is 0.802. The molecule has 2 nitrogen and oxygen atoms in total. The fourth-order valence-electron chi connectivity index (χ4n) is 3.41. The number of piperazine rings is 1. The topological polar surface area (TPSA) is 15.3 Å². The third-order valence-electron chi connectivity index (χ3n) is 4.67. The maximum Gasteiger partial charge on any atom is 0.416 e. The summed E-state index contributed by atoms with van der Waals surface area (Å²) in [5.74, 6) is -1.59. The molecule has 1 aliphatic carbocycles. The molecule has 1 aromatic rings. The number of rotatable bonds is 3. The summed E-state index contributed by atoms with van der Waals surface area (Å²) in [7, 11) is 0. The molecule has 0 bridgehead atoms. The standard InChI is InChI=1S/C16H17F7N2/c17-12-8-10(15(18,19)20)7-11(16(21,22)23)13(12)14(9-1-2-9)25-5-3-24-4-6-25/h7-9,14,24H,1-6H2/t14-/m0/s1. The highest BCUT2D eigenvalue weighted by Crippen LogP contribution is 2.49. The van der Waals surface area contributed by atoms with Gasteiger partial charge >= 0.3 is 12.4 Å². The van der Waals surface area contributed by atoms with Gasteiger partial charge in [0.15, 0.2) is 0 Å². The Morgan fingerprint density at radius 3 is 2.04 bits per heavy atom. The minimum Gasteiger partial charge on any atom is -0.314 e. The molecular weight excluding hydrogens is 353 g/mol. The van der Waals surface area contributed by atoms with Crippen LogP contribution < -0.4 is 5.32 Å². The van der Waals surface area contributed by atoms with E-state index in [0.29, 0.717) is 39.0 Å². The highest BCUT2D eigenvalue weighted by Gasteiger charge is 2.46. The molecule has 140 valence electrons. The maximum absolute atomic E-state index is 14.5. The van der Waals surface area contributed by atoms with Gasteiger partial charge in [-0.25, -0.2) is 4.39 Å². The number of alkyl halides is 6. The van der Waals surface area contributed by atoms with E-state index in [9.17, 15) is 30.7 Å². The fraction of sp³-hybridized carbons (Fsp3) is 0.625. The van der Waals surface area contributed by atoms with Crippen molar-refractivity contribution in [2.75, 3.05) is 26.2 Å². The SMILES string of the molecule is Fc1cc(C(F)(F)F)cc(C(F)(F)F)c1[C@H](C1CC1)N1CCNCC1. The summed E-state index contributed by atoms with van der Waals surface area (Å²) in [6.45, 7) is 1.96. The van der Waals surface area contributed by atoms with E-state index in [1.54, 1.807) is 4.90 Å². The van der Waals surface area contributed by atoms with E-state index in [0.717, 1.165) is 0 Å². The Hall–Kier alpha value is -1.35. The number of nitrogens with one attached hydrogen (secondary N) is 1. The number of nitrogens with zero attached hydrogens (tertiary/aromatic N) is 1. The molecule has 1 aromatic carbocycles. The van der Waals surface area contributed by atoms with E-state index >= 15 is 0 Å². The van der Waals surface area contributed by atoms with Gasteiger partial charge in [-0.3, -0.25) is 4.90 Å². The minimum absolute atomic E-state index is 0.0377. The van der Waals surface area contributed by atoms with Gasteiger partial charge in [-0.15, -0.1) is 0 Å². The van der Waals surface area contributed by atoms with Crippen LogP contribution in [0.2, 0.25) is 0 Å². The first-order chi connectivity index (χ1) is 11.6. The van der Waals surface area contributed by atoms with E-state index in [2.05, 4.69) is 5.32 Å². The largest absolute Gasteiger partial charge is 0.416 e. The zero-order valence-electron chi connectivity index (χ0n) is 13.1. The summed E-state index contributed by atoms with van der Waals surface area (Å²) in [5, 5.41) is 3.06. The van der Waals surface area contributed by atoms with Crippen LogP contribution in [0.15, 0.2) is 12.1 Å². The highest BCUT2D eigenvalue weighted by molar-refractivity contribution is 5.40.